The van der Waals surface area contributed by atoms with Gasteiger partial charge in [-0.2, -0.15) is 0 Å². The molecule has 0 amide bonds. The zero-order valence-corrected chi connectivity index (χ0v) is 14.2. The molecule has 3 heteroatoms. The molecular formula is C17H36N2O. The van der Waals surface area contributed by atoms with E-state index in [1.165, 1.54) is 58.4 Å². The van der Waals surface area contributed by atoms with Gasteiger partial charge in [0.25, 0.3) is 0 Å². The number of piperidine rings is 2. The molecule has 0 aliphatic carbocycles. The van der Waals surface area contributed by atoms with Gasteiger partial charge >= 0.3 is 0 Å². The first-order valence-corrected chi connectivity index (χ1v) is 8.76. The quantitative estimate of drug-likeness (QED) is 0.771. The van der Waals surface area contributed by atoms with Crippen molar-refractivity contribution >= 4 is 0 Å². The zero-order chi connectivity index (χ0) is 14.8. The van der Waals surface area contributed by atoms with E-state index in [-0.39, 0.29) is 0 Å². The zero-order valence-electron chi connectivity index (χ0n) is 14.2. The van der Waals surface area contributed by atoms with Crippen LogP contribution in [0.15, 0.2) is 0 Å². The van der Waals surface area contributed by atoms with Crippen molar-refractivity contribution in [3.05, 3.63) is 0 Å². The van der Waals surface area contributed by atoms with E-state index in [1.54, 1.807) is 0 Å². The summed E-state index contributed by atoms with van der Waals surface area (Å²) in [6.07, 6.45) is 5.32. The minimum absolute atomic E-state index is 0.817. The smallest absolute Gasteiger partial charge is 0.0495 e. The number of hydrogen-bond acceptors (Lipinski definition) is 3. The molecule has 0 aromatic heterocycles. The van der Waals surface area contributed by atoms with Crippen molar-refractivity contribution in [2.75, 3.05) is 53.0 Å². The summed E-state index contributed by atoms with van der Waals surface area (Å²) < 4.78 is 5.98. The summed E-state index contributed by atoms with van der Waals surface area (Å²) in [6, 6.07) is 0. The third-order valence-corrected chi connectivity index (χ3v) is 4.70. The topological polar surface area (TPSA) is 15.7 Å². The van der Waals surface area contributed by atoms with Gasteiger partial charge in [-0.05, 0) is 77.3 Å². The molecule has 2 fully saturated rings. The Morgan fingerprint density at radius 3 is 1.75 bits per heavy atom. The van der Waals surface area contributed by atoms with Crippen molar-refractivity contribution in [3.8, 4) is 0 Å². The summed E-state index contributed by atoms with van der Waals surface area (Å²) in [6.45, 7) is 14.5. The van der Waals surface area contributed by atoms with Crippen molar-refractivity contribution < 1.29 is 4.74 Å². The van der Waals surface area contributed by atoms with E-state index < -0.39 is 0 Å². The monoisotopic (exact) mass is 284 g/mol. The van der Waals surface area contributed by atoms with Crippen LogP contribution in [0.1, 0.15) is 46.5 Å². The molecule has 0 aromatic rings. The minimum atomic E-state index is 0.817. The summed E-state index contributed by atoms with van der Waals surface area (Å²) in [7, 11) is 2.22. The van der Waals surface area contributed by atoms with Gasteiger partial charge in [-0.25, -0.2) is 0 Å². The largest absolute Gasteiger partial charge is 0.381 e. The van der Waals surface area contributed by atoms with E-state index in [1.807, 2.05) is 13.8 Å². The fourth-order valence-electron chi connectivity index (χ4n) is 3.10. The van der Waals surface area contributed by atoms with Gasteiger partial charge in [0, 0.05) is 13.2 Å². The molecule has 0 saturated carbocycles. The molecule has 0 spiro atoms. The van der Waals surface area contributed by atoms with Gasteiger partial charge in [0.1, 0.15) is 0 Å². The van der Waals surface area contributed by atoms with Crippen LogP contribution < -0.4 is 0 Å². The Morgan fingerprint density at radius 1 is 0.850 bits per heavy atom. The van der Waals surface area contributed by atoms with Gasteiger partial charge < -0.3 is 14.5 Å². The summed E-state index contributed by atoms with van der Waals surface area (Å²) in [5.41, 5.74) is 0. The SMILES string of the molecule is CC.CCN1CCC(COCC2CCN(C)CC2)CC1. The number of nitrogens with zero attached hydrogens (tertiary/aromatic N) is 2. The molecule has 2 rings (SSSR count). The maximum Gasteiger partial charge on any atom is 0.0495 e. The average Bonchev–Trinajstić information content (AvgIpc) is 2.52. The number of hydrogen-bond donors (Lipinski definition) is 0. The molecule has 0 N–H and O–H groups in total. The van der Waals surface area contributed by atoms with Crippen LogP contribution in [0, 0.1) is 11.8 Å². The van der Waals surface area contributed by atoms with Gasteiger partial charge in [0.15, 0.2) is 0 Å². The van der Waals surface area contributed by atoms with Crippen molar-refractivity contribution in [1.82, 2.24) is 9.80 Å². The van der Waals surface area contributed by atoms with Crippen molar-refractivity contribution in [2.24, 2.45) is 11.8 Å². The van der Waals surface area contributed by atoms with Gasteiger partial charge in [-0.15, -0.1) is 0 Å². The first-order chi connectivity index (χ1) is 9.78. The van der Waals surface area contributed by atoms with Crippen LogP contribution in [-0.4, -0.2) is 62.8 Å². The summed E-state index contributed by atoms with van der Waals surface area (Å²) in [4.78, 5) is 4.98. The summed E-state index contributed by atoms with van der Waals surface area (Å²) in [5.74, 6) is 1.64. The lowest BCUT2D eigenvalue weighted by molar-refractivity contribution is 0.0341. The lowest BCUT2D eigenvalue weighted by Crippen LogP contribution is -2.35. The van der Waals surface area contributed by atoms with Crippen LogP contribution in [-0.2, 0) is 4.74 Å². The van der Waals surface area contributed by atoms with Gasteiger partial charge in [-0.3, -0.25) is 0 Å². The van der Waals surface area contributed by atoms with Crippen molar-refractivity contribution in [1.29, 1.82) is 0 Å². The molecule has 0 atom stereocenters. The van der Waals surface area contributed by atoms with E-state index >= 15 is 0 Å². The van der Waals surface area contributed by atoms with Crippen molar-refractivity contribution in [2.45, 2.75) is 46.5 Å². The molecule has 2 aliphatic heterocycles. The lowest BCUT2D eigenvalue weighted by Gasteiger charge is -2.32. The van der Waals surface area contributed by atoms with E-state index in [9.17, 15) is 0 Å². The molecule has 0 bridgehead atoms. The van der Waals surface area contributed by atoms with Crippen LogP contribution in [0.25, 0.3) is 0 Å². The fourth-order valence-corrected chi connectivity index (χ4v) is 3.10. The molecule has 0 unspecified atom stereocenters. The van der Waals surface area contributed by atoms with E-state index in [4.69, 9.17) is 4.74 Å². The Kier molecular flexibility index (Phi) is 9.49. The minimum Gasteiger partial charge on any atom is -0.381 e. The molecule has 0 radical (unpaired) electrons. The second-order valence-corrected chi connectivity index (χ2v) is 6.16. The van der Waals surface area contributed by atoms with Gasteiger partial charge in [-0.1, -0.05) is 20.8 Å². The van der Waals surface area contributed by atoms with Crippen LogP contribution in [0.4, 0.5) is 0 Å². The first-order valence-electron chi connectivity index (χ1n) is 8.76. The predicted octanol–water partition coefficient (Wildman–Crippen LogP) is 3.10. The molecule has 3 nitrogen and oxygen atoms in total. The maximum absolute atomic E-state index is 5.98. The Balaban J connectivity index is 0.000000956. The lowest BCUT2D eigenvalue weighted by atomic mass is 9.97. The first kappa shape index (κ1) is 17.9. The third kappa shape index (κ3) is 6.55. The van der Waals surface area contributed by atoms with E-state index in [0.29, 0.717) is 0 Å². The van der Waals surface area contributed by atoms with E-state index in [0.717, 1.165) is 25.0 Å². The number of rotatable bonds is 5. The Labute approximate surface area is 126 Å². The highest BCUT2D eigenvalue weighted by atomic mass is 16.5. The second kappa shape index (κ2) is 10.6. The molecule has 20 heavy (non-hydrogen) atoms. The average molecular weight is 284 g/mol. The second-order valence-electron chi connectivity index (χ2n) is 6.16. The predicted molar refractivity (Wildman–Crippen MR) is 87.2 cm³/mol. The molecule has 120 valence electrons. The standard InChI is InChI=1S/C15H30N2O.C2H6/c1-3-17-10-6-15(7-11-17)13-18-12-14-4-8-16(2)9-5-14;1-2/h14-15H,3-13H2,1-2H3;1-2H3. The highest BCUT2D eigenvalue weighted by Crippen LogP contribution is 2.19. The van der Waals surface area contributed by atoms with Crippen LogP contribution >= 0.6 is 0 Å². The molecule has 2 heterocycles. The van der Waals surface area contributed by atoms with Crippen molar-refractivity contribution in [3.63, 3.8) is 0 Å². The highest BCUT2D eigenvalue weighted by Gasteiger charge is 2.20. The number of ether oxygens (including phenoxy) is 1. The number of likely N-dealkylation sites (tertiary alicyclic amines) is 2. The van der Waals surface area contributed by atoms with E-state index in [2.05, 4.69) is 23.8 Å². The normalized spacial score (nSPS) is 23.4. The summed E-state index contributed by atoms with van der Waals surface area (Å²) in [5, 5.41) is 0. The van der Waals surface area contributed by atoms with Crippen LogP contribution in [0.2, 0.25) is 0 Å². The summed E-state index contributed by atoms with van der Waals surface area (Å²) >= 11 is 0. The van der Waals surface area contributed by atoms with Crippen LogP contribution in [0.5, 0.6) is 0 Å². The molecular weight excluding hydrogens is 248 g/mol. The molecule has 2 saturated heterocycles. The highest BCUT2D eigenvalue weighted by molar-refractivity contribution is 4.72. The maximum atomic E-state index is 5.98. The third-order valence-electron chi connectivity index (χ3n) is 4.70. The van der Waals surface area contributed by atoms with Gasteiger partial charge in [0.2, 0.25) is 0 Å². The fraction of sp³-hybridized carbons (Fsp3) is 1.00. The van der Waals surface area contributed by atoms with Crippen LogP contribution in [0.3, 0.4) is 0 Å². The Hall–Kier alpha value is -0.120. The molecule has 2 aliphatic rings. The van der Waals surface area contributed by atoms with Gasteiger partial charge in [0.05, 0.1) is 0 Å². The Bertz CT molecular complexity index is 219. The Morgan fingerprint density at radius 2 is 1.30 bits per heavy atom. The molecule has 0 aromatic carbocycles.